The predicted molar refractivity (Wildman–Crippen MR) is 69.6 cm³/mol. The Morgan fingerprint density at radius 1 is 1.44 bits per heavy atom. The maximum Gasteiger partial charge on any atom is 0.159 e. The van der Waals surface area contributed by atoms with Crippen LogP contribution < -0.4 is 5.32 Å². The van der Waals surface area contributed by atoms with Crippen molar-refractivity contribution < 1.29 is 20.1 Å². The summed E-state index contributed by atoms with van der Waals surface area (Å²) in [6, 6.07) is -0.326. The molecule has 2 saturated heterocycles. The Labute approximate surface area is 110 Å². The summed E-state index contributed by atoms with van der Waals surface area (Å²) in [4.78, 5) is 4.02. The summed E-state index contributed by atoms with van der Waals surface area (Å²) in [7, 11) is 1.67. The third-order valence-electron chi connectivity index (χ3n) is 3.15. The molecule has 0 radical (unpaired) electrons. The van der Waals surface area contributed by atoms with E-state index < -0.39 is 18.3 Å². The van der Waals surface area contributed by atoms with Crippen LogP contribution in [0.25, 0.3) is 0 Å². The van der Waals surface area contributed by atoms with E-state index in [0.717, 1.165) is 6.26 Å². The van der Waals surface area contributed by atoms with Crippen LogP contribution in [0.1, 0.15) is 12.8 Å². The van der Waals surface area contributed by atoms with Gasteiger partial charge in [0.2, 0.25) is 0 Å². The Balaban J connectivity index is 2.00. The number of nitrogens with one attached hydrogen (secondary N) is 1. The quantitative estimate of drug-likeness (QED) is 0.540. The molecule has 0 aromatic carbocycles. The number of rotatable bonds is 3. The van der Waals surface area contributed by atoms with E-state index in [-0.39, 0.29) is 11.5 Å². The van der Waals surface area contributed by atoms with Crippen LogP contribution in [0.5, 0.6) is 0 Å². The van der Waals surface area contributed by atoms with Gasteiger partial charge in [-0.2, -0.15) is 0 Å². The molecule has 2 rings (SSSR count). The normalized spacial score (nSPS) is 42.2. The van der Waals surface area contributed by atoms with Crippen LogP contribution in [0.15, 0.2) is 17.3 Å². The lowest BCUT2D eigenvalue weighted by atomic mass is 9.95. The van der Waals surface area contributed by atoms with Crippen LogP contribution >= 0.6 is 11.8 Å². The zero-order chi connectivity index (χ0) is 13.1. The highest BCUT2D eigenvalue weighted by molar-refractivity contribution is 8.14. The molecule has 18 heavy (non-hydrogen) atoms. The Morgan fingerprint density at radius 3 is 2.89 bits per heavy atom. The molecule has 2 fully saturated rings. The number of ether oxygens (including phenoxy) is 1. The van der Waals surface area contributed by atoms with E-state index in [1.54, 1.807) is 13.1 Å². The third-order valence-corrected chi connectivity index (χ3v) is 4.31. The summed E-state index contributed by atoms with van der Waals surface area (Å²) in [5.74, 6) is 0. The molecule has 2 aliphatic heterocycles. The molecular weight excluding hydrogens is 256 g/mol. The third kappa shape index (κ3) is 2.64. The number of aliphatic imine (C=N–C) groups is 1. The average molecular weight is 274 g/mol. The summed E-state index contributed by atoms with van der Waals surface area (Å²) in [6.45, 7) is 0. The van der Waals surface area contributed by atoms with Gasteiger partial charge in [0.05, 0.1) is 18.4 Å². The Kier molecular flexibility index (Phi) is 4.50. The molecule has 5 atom stereocenters. The molecule has 0 aromatic rings. The molecule has 0 aliphatic carbocycles. The van der Waals surface area contributed by atoms with E-state index in [0.29, 0.717) is 18.0 Å². The van der Waals surface area contributed by atoms with Gasteiger partial charge in [-0.15, -0.1) is 0 Å². The highest BCUT2D eigenvalue weighted by atomic mass is 32.2. The second-order valence-corrected chi connectivity index (χ2v) is 5.39. The summed E-state index contributed by atoms with van der Waals surface area (Å²) in [5, 5.41) is 32.4. The fraction of sp³-hybridized carbons (Fsp3) is 0.727. The van der Waals surface area contributed by atoms with Crippen LogP contribution in [0.2, 0.25) is 0 Å². The smallest absolute Gasteiger partial charge is 0.159 e. The molecule has 6 nitrogen and oxygen atoms in total. The first-order valence-electron chi connectivity index (χ1n) is 5.88. The van der Waals surface area contributed by atoms with Crippen molar-refractivity contribution in [2.75, 3.05) is 7.05 Å². The van der Waals surface area contributed by atoms with E-state index in [2.05, 4.69) is 10.3 Å². The summed E-state index contributed by atoms with van der Waals surface area (Å²) < 4.78 is 5.77. The maximum absolute atomic E-state index is 10.1. The standard InChI is InChI=1S/C11H18N2O4S/c1-12-11-13-7-9(16)8(15)6(4-2-3-5-14)17-10(7)18-11/h3,5-10,14-16H,2,4H2,1H3,(H,12,13)/t6-,7-,8-,9-,10-/m1/s1. The fourth-order valence-corrected chi connectivity index (χ4v) is 3.27. The van der Waals surface area contributed by atoms with Gasteiger partial charge in [0.15, 0.2) is 5.17 Å². The number of amidine groups is 1. The molecule has 0 unspecified atom stereocenters. The number of nitrogens with zero attached hydrogens (tertiary/aromatic N) is 1. The minimum atomic E-state index is -0.928. The lowest BCUT2D eigenvalue weighted by molar-refractivity contribution is -0.157. The maximum atomic E-state index is 10.1. The number of aliphatic hydroxyl groups excluding tert-OH is 3. The van der Waals surface area contributed by atoms with Crippen molar-refractivity contribution in [1.29, 1.82) is 0 Å². The van der Waals surface area contributed by atoms with Crippen molar-refractivity contribution in [3.8, 4) is 0 Å². The van der Waals surface area contributed by atoms with Crippen molar-refractivity contribution in [2.45, 2.75) is 42.6 Å². The molecule has 2 aliphatic rings. The Hall–Kier alpha value is -0.760. The molecule has 2 heterocycles. The largest absolute Gasteiger partial charge is 0.516 e. The minimum absolute atomic E-state index is 0.231. The van der Waals surface area contributed by atoms with Crippen molar-refractivity contribution in [2.24, 2.45) is 4.99 Å². The van der Waals surface area contributed by atoms with Gasteiger partial charge in [-0.3, -0.25) is 4.99 Å². The molecule has 7 heteroatoms. The lowest BCUT2D eigenvalue weighted by Gasteiger charge is -2.38. The number of thioether (sulfide) groups is 1. The van der Waals surface area contributed by atoms with Gasteiger partial charge in [0.1, 0.15) is 17.6 Å². The topological polar surface area (TPSA) is 94.3 Å². The van der Waals surface area contributed by atoms with Crippen molar-refractivity contribution in [3.63, 3.8) is 0 Å². The van der Waals surface area contributed by atoms with Crippen LogP contribution in [-0.2, 0) is 4.74 Å². The van der Waals surface area contributed by atoms with Crippen LogP contribution in [0, 0.1) is 0 Å². The molecule has 0 aromatic heterocycles. The SMILES string of the molecule is CN=C1N[C@@H]2[C@@H](O)[C@H](O)[C@@H](CCC=CO)O[C@@H]2S1. The van der Waals surface area contributed by atoms with Crippen molar-refractivity contribution in [3.05, 3.63) is 12.3 Å². The van der Waals surface area contributed by atoms with Gasteiger partial charge in [0.25, 0.3) is 0 Å². The van der Waals surface area contributed by atoms with E-state index >= 15 is 0 Å². The van der Waals surface area contributed by atoms with Gasteiger partial charge >= 0.3 is 0 Å². The number of allylic oxidation sites excluding steroid dienone is 1. The number of hydrogen-bond acceptors (Lipinski definition) is 6. The molecule has 0 spiro atoms. The second kappa shape index (κ2) is 5.92. The highest BCUT2D eigenvalue weighted by Gasteiger charge is 2.48. The van der Waals surface area contributed by atoms with Gasteiger partial charge in [-0.1, -0.05) is 17.8 Å². The van der Waals surface area contributed by atoms with Gasteiger partial charge in [0, 0.05) is 7.05 Å². The van der Waals surface area contributed by atoms with Crippen molar-refractivity contribution in [1.82, 2.24) is 5.32 Å². The number of aliphatic hydroxyl groups is 3. The molecule has 0 saturated carbocycles. The van der Waals surface area contributed by atoms with Gasteiger partial charge in [-0.25, -0.2) is 0 Å². The summed E-state index contributed by atoms with van der Waals surface area (Å²) in [5.41, 5.74) is -0.231. The molecule has 4 N–H and O–H groups in total. The first-order chi connectivity index (χ1) is 8.67. The second-order valence-electron chi connectivity index (χ2n) is 4.30. The van der Waals surface area contributed by atoms with Crippen molar-refractivity contribution >= 4 is 16.9 Å². The fourth-order valence-electron chi connectivity index (χ4n) is 2.16. The zero-order valence-electron chi connectivity index (χ0n) is 10.1. The van der Waals surface area contributed by atoms with Crippen LogP contribution in [0.4, 0.5) is 0 Å². The molecule has 0 amide bonds. The predicted octanol–water partition coefficient (Wildman–Crippen LogP) is -0.0242. The van der Waals surface area contributed by atoms with E-state index in [9.17, 15) is 10.2 Å². The van der Waals surface area contributed by atoms with Gasteiger partial charge in [-0.05, 0) is 12.8 Å². The number of fused-ring (bicyclic) bond motifs is 1. The minimum Gasteiger partial charge on any atom is -0.516 e. The first-order valence-corrected chi connectivity index (χ1v) is 6.76. The van der Waals surface area contributed by atoms with Crippen LogP contribution in [0.3, 0.4) is 0 Å². The lowest BCUT2D eigenvalue weighted by Crippen LogP contribution is -2.58. The monoisotopic (exact) mass is 274 g/mol. The number of hydrogen-bond donors (Lipinski definition) is 4. The molecule has 0 bridgehead atoms. The first kappa shape index (κ1) is 13.7. The summed E-state index contributed by atoms with van der Waals surface area (Å²) >= 11 is 1.42. The highest BCUT2D eigenvalue weighted by Crippen LogP contribution is 2.34. The van der Waals surface area contributed by atoms with E-state index in [4.69, 9.17) is 9.84 Å². The van der Waals surface area contributed by atoms with Crippen LogP contribution in [-0.4, -0.2) is 57.3 Å². The zero-order valence-corrected chi connectivity index (χ0v) is 10.9. The Morgan fingerprint density at radius 2 is 2.22 bits per heavy atom. The molecular formula is C11H18N2O4S. The van der Waals surface area contributed by atoms with E-state index in [1.807, 2.05) is 0 Å². The molecule has 102 valence electrons. The van der Waals surface area contributed by atoms with E-state index in [1.165, 1.54) is 11.8 Å². The Bertz CT molecular complexity index is 350. The summed E-state index contributed by atoms with van der Waals surface area (Å²) in [6.07, 6.45) is 1.48. The average Bonchev–Trinajstić information content (AvgIpc) is 2.79. The van der Waals surface area contributed by atoms with Gasteiger partial charge < -0.3 is 25.4 Å².